The summed E-state index contributed by atoms with van der Waals surface area (Å²) in [6.07, 6.45) is 5.49. The summed E-state index contributed by atoms with van der Waals surface area (Å²) in [5.41, 5.74) is 4.17. The van der Waals surface area contributed by atoms with Crippen LogP contribution in [0.3, 0.4) is 0 Å². The lowest BCUT2D eigenvalue weighted by Crippen LogP contribution is -2.29. The Hall–Kier alpha value is -2.05. The Morgan fingerprint density at radius 1 is 1.00 bits per heavy atom. The number of rotatable bonds is 8. The van der Waals surface area contributed by atoms with Gasteiger partial charge in [0.2, 0.25) is 10.0 Å². The number of nitrogens with zero attached hydrogens (tertiary/aromatic N) is 1. The molecule has 5 nitrogen and oxygen atoms in total. The normalized spacial score (nSPS) is 14.8. The van der Waals surface area contributed by atoms with Crippen molar-refractivity contribution in [2.45, 2.75) is 50.8 Å². The Bertz CT molecular complexity index is 895. The van der Waals surface area contributed by atoms with E-state index in [1.807, 2.05) is 13.8 Å². The molecule has 3 rings (SSSR count). The van der Waals surface area contributed by atoms with Crippen LogP contribution in [0.5, 0.6) is 5.75 Å². The first-order valence-corrected chi connectivity index (χ1v) is 11.9. The molecule has 1 heterocycles. The topological polar surface area (TPSA) is 58.6 Å². The molecule has 0 amide bonds. The summed E-state index contributed by atoms with van der Waals surface area (Å²) in [4.78, 5) is 2.74. The zero-order chi connectivity index (χ0) is 20.9. The summed E-state index contributed by atoms with van der Waals surface area (Å²) >= 11 is 0. The molecule has 1 fully saturated rings. The second kappa shape index (κ2) is 9.63. The van der Waals surface area contributed by atoms with Crippen molar-refractivity contribution in [2.75, 3.05) is 31.6 Å². The highest BCUT2D eigenvalue weighted by atomic mass is 32.2. The minimum absolute atomic E-state index is 0.291. The number of ether oxygens (including phenoxy) is 1. The number of nitrogens with one attached hydrogen (secondary N) is 1. The zero-order valence-electron chi connectivity index (χ0n) is 17.7. The van der Waals surface area contributed by atoms with E-state index < -0.39 is 10.0 Å². The number of benzene rings is 2. The number of anilines is 1. The van der Waals surface area contributed by atoms with Crippen LogP contribution in [0.4, 0.5) is 5.69 Å². The third kappa shape index (κ3) is 5.52. The second-order valence-corrected chi connectivity index (χ2v) is 9.57. The summed E-state index contributed by atoms with van der Waals surface area (Å²) in [6.45, 7) is 6.42. The van der Waals surface area contributed by atoms with E-state index in [-0.39, 0.29) is 0 Å². The Labute approximate surface area is 175 Å². The van der Waals surface area contributed by atoms with E-state index in [1.54, 1.807) is 19.2 Å². The van der Waals surface area contributed by atoms with Crippen LogP contribution in [0.1, 0.15) is 42.4 Å². The molecule has 0 spiro atoms. The third-order valence-corrected chi connectivity index (χ3v) is 6.98. The summed E-state index contributed by atoms with van der Waals surface area (Å²) < 4.78 is 33.3. The maximum Gasteiger partial charge on any atom is 0.240 e. The Balaban J connectivity index is 1.52. The molecule has 1 saturated heterocycles. The lowest BCUT2D eigenvalue weighted by molar-refractivity contribution is 0.408. The van der Waals surface area contributed by atoms with Crippen LogP contribution in [-0.2, 0) is 16.4 Å². The maximum atomic E-state index is 12.6. The van der Waals surface area contributed by atoms with Gasteiger partial charge in [-0.2, -0.15) is 0 Å². The fourth-order valence-electron chi connectivity index (χ4n) is 4.00. The van der Waals surface area contributed by atoms with Gasteiger partial charge < -0.3 is 9.64 Å². The molecule has 2 aromatic rings. The van der Waals surface area contributed by atoms with Crippen LogP contribution in [0.25, 0.3) is 0 Å². The minimum Gasteiger partial charge on any atom is -0.496 e. The number of methoxy groups -OCH3 is 1. The molecule has 0 saturated carbocycles. The summed E-state index contributed by atoms with van der Waals surface area (Å²) in [5, 5.41) is 0. The number of hydrogen-bond donors (Lipinski definition) is 1. The monoisotopic (exact) mass is 416 g/mol. The van der Waals surface area contributed by atoms with Crippen molar-refractivity contribution in [3.63, 3.8) is 0 Å². The number of piperidine rings is 1. The van der Waals surface area contributed by atoms with Crippen LogP contribution in [-0.4, -0.2) is 35.2 Å². The molecule has 0 radical (unpaired) electrons. The fraction of sp³-hybridized carbons (Fsp3) is 0.478. The number of hydrogen-bond acceptors (Lipinski definition) is 4. The predicted molar refractivity (Wildman–Crippen MR) is 118 cm³/mol. The van der Waals surface area contributed by atoms with Gasteiger partial charge in [-0.1, -0.05) is 12.1 Å². The average Bonchev–Trinajstić information content (AvgIpc) is 2.72. The summed E-state index contributed by atoms with van der Waals surface area (Å²) in [6, 6.07) is 12.0. The van der Waals surface area contributed by atoms with E-state index in [0.717, 1.165) is 42.8 Å². The maximum absolute atomic E-state index is 12.6. The highest BCUT2D eigenvalue weighted by molar-refractivity contribution is 7.89. The number of sulfonamides is 1. The highest BCUT2D eigenvalue weighted by Gasteiger charge is 2.17. The summed E-state index contributed by atoms with van der Waals surface area (Å²) in [7, 11) is -1.92. The van der Waals surface area contributed by atoms with Gasteiger partial charge in [0.1, 0.15) is 5.75 Å². The van der Waals surface area contributed by atoms with E-state index in [2.05, 4.69) is 33.9 Å². The van der Waals surface area contributed by atoms with Crippen molar-refractivity contribution in [1.82, 2.24) is 4.72 Å². The van der Waals surface area contributed by atoms with Gasteiger partial charge in [0.05, 0.1) is 12.0 Å². The molecule has 1 N–H and O–H groups in total. The van der Waals surface area contributed by atoms with Crippen molar-refractivity contribution < 1.29 is 13.2 Å². The Morgan fingerprint density at radius 2 is 1.62 bits per heavy atom. The Kier molecular flexibility index (Phi) is 7.19. The lowest BCUT2D eigenvalue weighted by atomic mass is 10.1. The second-order valence-electron chi connectivity index (χ2n) is 7.81. The van der Waals surface area contributed by atoms with Crippen LogP contribution >= 0.6 is 0 Å². The Morgan fingerprint density at radius 3 is 2.21 bits per heavy atom. The van der Waals surface area contributed by atoms with E-state index in [4.69, 9.17) is 4.74 Å². The van der Waals surface area contributed by atoms with Gasteiger partial charge in [-0.3, -0.25) is 0 Å². The summed E-state index contributed by atoms with van der Waals surface area (Å²) in [5.74, 6) is 0.733. The molecule has 0 bridgehead atoms. The largest absolute Gasteiger partial charge is 0.496 e. The van der Waals surface area contributed by atoms with Crippen molar-refractivity contribution in [3.8, 4) is 5.75 Å². The lowest BCUT2D eigenvalue weighted by Gasteiger charge is -2.28. The molecule has 0 aliphatic carbocycles. The molecule has 0 atom stereocenters. The first-order valence-electron chi connectivity index (χ1n) is 10.4. The van der Waals surface area contributed by atoms with Crippen molar-refractivity contribution >= 4 is 15.7 Å². The predicted octanol–water partition coefficient (Wildman–Crippen LogP) is 4.21. The van der Waals surface area contributed by atoms with E-state index in [9.17, 15) is 8.42 Å². The molecule has 0 unspecified atom stereocenters. The van der Waals surface area contributed by atoms with E-state index >= 15 is 0 Å². The number of aryl methyl sites for hydroxylation is 3. The molecule has 1 aliphatic heterocycles. The molecule has 1 aliphatic rings. The molecule has 0 aromatic heterocycles. The van der Waals surface area contributed by atoms with Gasteiger partial charge in [-0.05, 0) is 86.9 Å². The molecular formula is C23H32N2O3S. The first kappa shape index (κ1) is 21.7. The standard InChI is InChI=1S/C23H32N2O3S/c1-18-16-22(17-19(2)23(18)28-3)29(26,27)24-13-7-8-20-9-11-21(12-10-20)25-14-5-4-6-15-25/h9-12,16-17,24H,4-8,13-15H2,1-3H3. The van der Waals surface area contributed by atoms with Gasteiger partial charge in [-0.25, -0.2) is 13.1 Å². The fourth-order valence-corrected chi connectivity index (χ4v) is 5.24. The van der Waals surface area contributed by atoms with Crippen molar-refractivity contribution in [3.05, 3.63) is 53.1 Å². The van der Waals surface area contributed by atoms with E-state index in [0.29, 0.717) is 11.4 Å². The van der Waals surface area contributed by atoms with Gasteiger partial charge in [0.25, 0.3) is 0 Å². The minimum atomic E-state index is -3.52. The van der Waals surface area contributed by atoms with Gasteiger partial charge in [-0.15, -0.1) is 0 Å². The molecule has 2 aromatic carbocycles. The highest BCUT2D eigenvalue weighted by Crippen LogP contribution is 2.26. The quantitative estimate of drug-likeness (QED) is 0.655. The van der Waals surface area contributed by atoms with E-state index in [1.165, 1.54) is 30.5 Å². The van der Waals surface area contributed by atoms with Gasteiger partial charge in [0, 0.05) is 25.3 Å². The van der Waals surface area contributed by atoms with Crippen LogP contribution in [0.2, 0.25) is 0 Å². The molecule has 29 heavy (non-hydrogen) atoms. The molecule has 6 heteroatoms. The van der Waals surface area contributed by atoms with Gasteiger partial charge in [0.15, 0.2) is 0 Å². The SMILES string of the molecule is COc1c(C)cc(S(=O)(=O)NCCCc2ccc(N3CCCCC3)cc2)cc1C. The zero-order valence-corrected chi connectivity index (χ0v) is 18.5. The van der Waals surface area contributed by atoms with Crippen molar-refractivity contribution in [1.29, 1.82) is 0 Å². The third-order valence-electron chi connectivity index (χ3n) is 5.54. The van der Waals surface area contributed by atoms with Crippen LogP contribution < -0.4 is 14.4 Å². The molecular weight excluding hydrogens is 384 g/mol. The van der Waals surface area contributed by atoms with Crippen molar-refractivity contribution in [2.24, 2.45) is 0 Å². The van der Waals surface area contributed by atoms with Crippen LogP contribution in [0, 0.1) is 13.8 Å². The molecule has 158 valence electrons. The van der Waals surface area contributed by atoms with Gasteiger partial charge >= 0.3 is 0 Å². The smallest absolute Gasteiger partial charge is 0.240 e. The average molecular weight is 417 g/mol. The van der Waals surface area contributed by atoms with Crippen LogP contribution in [0.15, 0.2) is 41.3 Å². The first-order chi connectivity index (χ1) is 13.9.